The Morgan fingerprint density at radius 3 is 2.50 bits per heavy atom. The Bertz CT molecular complexity index is 1670. The molecule has 0 aliphatic carbocycles. The first-order chi connectivity index (χ1) is 22.0. The van der Waals surface area contributed by atoms with Gasteiger partial charge in [-0.3, -0.25) is 0 Å². The molecule has 1 atom stereocenters. The number of amides is 2. The van der Waals surface area contributed by atoms with Gasteiger partial charge in [-0.1, -0.05) is 62.0 Å². The van der Waals surface area contributed by atoms with Gasteiger partial charge < -0.3 is 15.0 Å². The van der Waals surface area contributed by atoms with Gasteiger partial charge in [0.15, 0.2) is 11.0 Å². The van der Waals surface area contributed by atoms with E-state index in [1.165, 1.54) is 46.4 Å². The number of anilines is 1. The van der Waals surface area contributed by atoms with Crippen LogP contribution >= 0.6 is 11.8 Å². The smallest absolute Gasteiger partial charge is 0.406 e. The molecule has 1 N–H and O–H groups in total. The largest absolute Gasteiger partial charge is 0.573 e. The number of thioether (sulfide) groups is 1. The third-order valence-corrected chi connectivity index (χ3v) is 8.61. The summed E-state index contributed by atoms with van der Waals surface area (Å²) in [6, 6.07) is 19.3. The predicted molar refractivity (Wildman–Crippen MR) is 177 cm³/mol. The van der Waals surface area contributed by atoms with Gasteiger partial charge in [0, 0.05) is 29.6 Å². The molecule has 2 amide bonds. The number of halogens is 3. The molecule has 2 heterocycles. The number of rotatable bonds is 10. The molecule has 0 bridgehead atoms. The maximum atomic E-state index is 12.8. The van der Waals surface area contributed by atoms with E-state index in [9.17, 15) is 18.0 Å². The molecular formula is C34H37F3N6O2S. The minimum absolute atomic E-state index is 0.0246. The van der Waals surface area contributed by atoms with Crippen molar-refractivity contribution in [1.29, 1.82) is 0 Å². The Morgan fingerprint density at radius 2 is 1.80 bits per heavy atom. The number of carbonyl (C=O) groups is 1. The predicted octanol–water partition coefficient (Wildman–Crippen LogP) is 8.29. The molecule has 8 nitrogen and oxygen atoms in total. The van der Waals surface area contributed by atoms with Crippen molar-refractivity contribution in [3.8, 4) is 22.8 Å². The number of aryl methyl sites for hydroxylation is 2. The van der Waals surface area contributed by atoms with Crippen molar-refractivity contribution in [2.45, 2.75) is 65.3 Å². The number of benzene rings is 3. The molecule has 1 aromatic heterocycles. The number of urea groups is 1. The van der Waals surface area contributed by atoms with E-state index in [1.54, 1.807) is 11.8 Å². The zero-order valence-electron chi connectivity index (χ0n) is 26.2. The van der Waals surface area contributed by atoms with Gasteiger partial charge in [-0.25, -0.2) is 14.5 Å². The van der Waals surface area contributed by atoms with E-state index in [0.29, 0.717) is 17.4 Å². The van der Waals surface area contributed by atoms with Gasteiger partial charge in [0.25, 0.3) is 0 Å². The minimum Gasteiger partial charge on any atom is -0.406 e. The Kier molecular flexibility index (Phi) is 10.4. The number of carbonyl (C=O) groups excluding carboxylic acids is 1. The normalized spacial score (nSPS) is 15.0. The van der Waals surface area contributed by atoms with E-state index < -0.39 is 6.36 Å². The van der Waals surface area contributed by atoms with Crippen LogP contribution in [0.1, 0.15) is 56.2 Å². The van der Waals surface area contributed by atoms with Crippen LogP contribution < -0.4 is 15.0 Å². The lowest BCUT2D eigenvalue weighted by molar-refractivity contribution is -0.274. The molecular weight excluding hydrogens is 613 g/mol. The monoisotopic (exact) mass is 650 g/mol. The second-order valence-corrected chi connectivity index (χ2v) is 12.6. The van der Waals surface area contributed by atoms with Crippen LogP contribution in [-0.4, -0.2) is 50.7 Å². The lowest BCUT2D eigenvalue weighted by Crippen LogP contribution is -2.33. The van der Waals surface area contributed by atoms with Gasteiger partial charge >= 0.3 is 12.4 Å². The highest BCUT2D eigenvalue weighted by molar-refractivity contribution is 8.14. The molecule has 242 valence electrons. The van der Waals surface area contributed by atoms with Gasteiger partial charge in [0.05, 0.1) is 5.69 Å². The van der Waals surface area contributed by atoms with Crippen LogP contribution in [0.4, 0.5) is 23.7 Å². The van der Waals surface area contributed by atoms with Gasteiger partial charge in [-0.2, -0.15) is 4.99 Å². The standard InChI is InChI=1S/C34H37F3N6O2S/c1-22(2)30-23(3)7-5-10-29(30)42-19-20-46-33(42)40-32(44)39-24(4)8-6-9-25-11-13-26(14-12-25)31-38-21-43(41-31)27-15-17-28(18-16-27)45-34(35,36)37/h5,7,10-18,21-22,24H,6,8-9,19-20H2,1-4H3,(H,39,44). The molecule has 1 unspecified atom stereocenters. The van der Waals surface area contributed by atoms with E-state index in [4.69, 9.17) is 0 Å². The summed E-state index contributed by atoms with van der Waals surface area (Å²) in [7, 11) is 0. The topological polar surface area (TPSA) is 84.6 Å². The second kappa shape index (κ2) is 14.4. The average molecular weight is 651 g/mol. The van der Waals surface area contributed by atoms with Crippen molar-refractivity contribution in [3.63, 3.8) is 0 Å². The van der Waals surface area contributed by atoms with Gasteiger partial charge in [0.1, 0.15) is 12.1 Å². The summed E-state index contributed by atoms with van der Waals surface area (Å²) in [4.78, 5) is 23.8. The Balaban J connectivity index is 1.11. The summed E-state index contributed by atoms with van der Waals surface area (Å²) in [5, 5.41) is 8.23. The van der Waals surface area contributed by atoms with E-state index in [2.05, 4.69) is 69.0 Å². The average Bonchev–Trinajstić information content (AvgIpc) is 3.67. The molecule has 3 aromatic carbocycles. The van der Waals surface area contributed by atoms with Crippen LogP contribution in [0, 0.1) is 6.92 Å². The summed E-state index contributed by atoms with van der Waals surface area (Å²) < 4.78 is 42.7. The van der Waals surface area contributed by atoms with Crippen molar-refractivity contribution in [2.75, 3.05) is 17.2 Å². The van der Waals surface area contributed by atoms with E-state index in [1.807, 2.05) is 31.2 Å². The number of alkyl halides is 3. The Labute approximate surface area is 271 Å². The summed E-state index contributed by atoms with van der Waals surface area (Å²) in [6.45, 7) is 9.33. The maximum absolute atomic E-state index is 12.8. The molecule has 0 radical (unpaired) electrons. The number of nitrogens with zero attached hydrogens (tertiary/aromatic N) is 5. The lowest BCUT2D eigenvalue weighted by atomic mass is 9.95. The second-order valence-electron chi connectivity index (χ2n) is 11.6. The summed E-state index contributed by atoms with van der Waals surface area (Å²) >= 11 is 1.61. The molecule has 4 aromatic rings. The number of amidine groups is 1. The van der Waals surface area contributed by atoms with Crippen molar-refractivity contribution in [3.05, 3.63) is 89.7 Å². The van der Waals surface area contributed by atoms with Crippen LogP contribution in [0.15, 0.2) is 78.0 Å². The van der Waals surface area contributed by atoms with E-state index in [-0.39, 0.29) is 17.8 Å². The third-order valence-electron chi connectivity index (χ3n) is 7.65. The SMILES string of the molecule is Cc1cccc(N2CCSC2=NC(=O)NC(C)CCCc2ccc(-c3ncn(-c4ccc(OC(F)(F)F)cc4)n3)cc2)c1C(C)C. The van der Waals surface area contributed by atoms with Crippen molar-refractivity contribution in [1.82, 2.24) is 20.1 Å². The van der Waals surface area contributed by atoms with Crippen LogP contribution in [0.3, 0.4) is 0 Å². The van der Waals surface area contributed by atoms with Gasteiger partial charge in [-0.15, -0.1) is 18.3 Å². The molecule has 1 saturated heterocycles. The van der Waals surface area contributed by atoms with E-state index >= 15 is 0 Å². The number of hydrogen-bond acceptors (Lipinski definition) is 5. The Hall–Kier alpha value is -4.32. The van der Waals surface area contributed by atoms with E-state index in [0.717, 1.165) is 53.5 Å². The molecule has 12 heteroatoms. The molecule has 0 saturated carbocycles. The summed E-state index contributed by atoms with van der Waals surface area (Å²) in [5.74, 6) is 1.46. The molecule has 1 fully saturated rings. The third kappa shape index (κ3) is 8.48. The Morgan fingerprint density at radius 1 is 1.07 bits per heavy atom. The fraction of sp³-hybridized carbons (Fsp3) is 0.353. The first-order valence-corrected chi connectivity index (χ1v) is 16.2. The van der Waals surface area contributed by atoms with Gasteiger partial charge in [-0.05, 0) is 86.1 Å². The van der Waals surface area contributed by atoms with Crippen LogP contribution in [0.2, 0.25) is 0 Å². The van der Waals surface area contributed by atoms with Crippen LogP contribution in [0.5, 0.6) is 5.75 Å². The quantitative estimate of drug-likeness (QED) is 0.186. The number of aromatic nitrogens is 3. The highest BCUT2D eigenvalue weighted by Gasteiger charge is 2.31. The fourth-order valence-electron chi connectivity index (χ4n) is 5.52. The zero-order chi connectivity index (χ0) is 32.8. The van der Waals surface area contributed by atoms with Crippen LogP contribution in [-0.2, 0) is 6.42 Å². The molecule has 46 heavy (non-hydrogen) atoms. The number of ether oxygens (including phenoxy) is 1. The maximum Gasteiger partial charge on any atom is 0.573 e. The summed E-state index contributed by atoms with van der Waals surface area (Å²) in [6.07, 6.45) is -0.686. The zero-order valence-corrected chi connectivity index (χ0v) is 27.0. The molecule has 5 rings (SSSR count). The van der Waals surface area contributed by atoms with Gasteiger partial charge in [0.2, 0.25) is 0 Å². The highest BCUT2D eigenvalue weighted by atomic mass is 32.2. The van der Waals surface area contributed by atoms with Crippen molar-refractivity contribution >= 4 is 28.6 Å². The number of hydrogen-bond donors (Lipinski definition) is 1. The first-order valence-electron chi connectivity index (χ1n) is 15.2. The van der Waals surface area contributed by atoms with Crippen molar-refractivity contribution in [2.24, 2.45) is 4.99 Å². The minimum atomic E-state index is -4.74. The highest BCUT2D eigenvalue weighted by Crippen LogP contribution is 2.34. The van der Waals surface area contributed by atoms with Crippen LogP contribution in [0.25, 0.3) is 17.1 Å². The molecule has 0 spiro atoms. The molecule has 1 aliphatic rings. The lowest BCUT2D eigenvalue weighted by Gasteiger charge is -2.24. The molecule has 1 aliphatic heterocycles. The fourth-order valence-corrected chi connectivity index (χ4v) is 6.47. The van der Waals surface area contributed by atoms with Crippen molar-refractivity contribution < 1.29 is 22.7 Å². The number of aliphatic imine (C=N–C) groups is 1. The number of nitrogens with one attached hydrogen (secondary N) is 1. The first kappa shape index (κ1) is 33.1. The summed E-state index contributed by atoms with van der Waals surface area (Å²) in [5.41, 5.74) is 6.20.